The Kier molecular flexibility index (Phi) is 4.35. The summed E-state index contributed by atoms with van der Waals surface area (Å²) in [6.45, 7) is 1.33. The number of rotatable bonds is 1. The van der Waals surface area contributed by atoms with Gasteiger partial charge in [-0.3, -0.25) is 4.79 Å². The van der Waals surface area contributed by atoms with Crippen molar-refractivity contribution in [3.8, 4) is 0 Å². The molecule has 1 aliphatic rings. The SMILES string of the molecule is NC1CCN(C(=O)c2sc3cc(Cl)cc(Cl)c3c2Cl)CC1. The van der Waals surface area contributed by atoms with Crippen LogP contribution in [0, 0.1) is 0 Å². The lowest BCUT2D eigenvalue weighted by atomic mass is 10.1. The van der Waals surface area contributed by atoms with Crippen LogP contribution in [0.5, 0.6) is 0 Å². The quantitative estimate of drug-likeness (QED) is 0.815. The molecule has 1 saturated heterocycles. The molecule has 2 heterocycles. The number of carbonyl (C=O) groups excluding carboxylic acids is 1. The number of hydrogen-bond acceptors (Lipinski definition) is 3. The highest BCUT2D eigenvalue weighted by Gasteiger charge is 2.26. The maximum Gasteiger partial charge on any atom is 0.265 e. The van der Waals surface area contributed by atoms with Crippen molar-refractivity contribution in [2.45, 2.75) is 18.9 Å². The lowest BCUT2D eigenvalue weighted by Crippen LogP contribution is -2.42. The molecule has 0 aliphatic carbocycles. The Labute approximate surface area is 141 Å². The highest BCUT2D eigenvalue weighted by molar-refractivity contribution is 7.21. The molecule has 0 unspecified atom stereocenters. The summed E-state index contributed by atoms with van der Waals surface area (Å²) in [7, 11) is 0. The van der Waals surface area contributed by atoms with Gasteiger partial charge in [0.15, 0.2) is 0 Å². The van der Waals surface area contributed by atoms with Gasteiger partial charge in [-0.1, -0.05) is 34.8 Å². The zero-order valence-corrected chi connectivity index (χ0v) is 14.1. The summed E-state index contributed by atoms with van der Waals surface area (Å²) in [6, 6.07) is 3.60. The third-order valence-corrected chi connectivity index (χ3v) is 5.80. The van der Waals surface area contributed by atoms with Gasteiger partial charge in [0.2, 0.25) is 0 Å². The summed E-state index contributed by atoms with van der Waals surface area (Å²) < 4.78 is 0.828. The minimum Gasteiger partial charge on any atom is -0.338 e. The zero-order chi connectivity index (χ0) is 15.1. The molecule has 0 saturated carbocycles. The molecule has 21 heavy (non-hydrogen) atoms. The second-order valence-electron chi connectivity index (χ2n) is 5.14. The van der Waals surface area contributed by atoms with Crippen LogP contribution < -0.4 is 5.73 Å². The van der Waals surface area contributed by atoms with Crippen molar-refractivity contribution in [1.82, 2.24) is 4.90 Å². The zero-order valence-electron chi connectivity index (χ0n) is 11.0. The van der Waals surface area contributed by atoms with E-state index < -0.39 is 0 Å². The van der Waals surface area contributed by atoms with Gasteiger partial charge in [0.05, 0.1) is 10.0 Å². The number of nitrogens with zero attached hydrogens (tertiary/aromatic N) is 1. The van der Waals surface area contributed by atoms with E-state index in [2.05, 4.69) is 0 Å². The molecule has 2 N–H and O–H groups in total. The summed E-state index contributed by atoms with van der Waals surface area (Å²) in [5.41, 5.74) is 5.87. The Morgan fingerprint density at radius 3 is 2.57 bits per heavy atom. The van der Waals surface area contributed by atoms with Crippen LogP contribution in [0.15, 0.2) is 12.1 Å². The molecule has 1 aromatic heterocycles. The second kappa shape index (κ2) is 5.94. The van der Waals surface area contributed by atoms with E-state index in [4.69, 9.17) is 40.5 Å². The van der Waals surface area contributed by atoms with E-state index >= 15 is 0 Å². The van der Waals surface area contributed by atoms with E-state index in [0.29, 0.717) is 38.4 Å². The molecule has 1 fully saturated rings. The first-order valence-corrected chi connectivity index (χ1v) is 8.54. The van der Waals surface area contributed by atoms with E-state index in [1.54, 1.807) is 17.0 Å². The minimum atomic E-state index is -0.0553. The predicted molar refractivity (Wildman–Crippen MR) is 90.0 cm³/mol. The average Bonchev–Trinajstić information content (AvgIpc) is 2.76. The second-order valence-corrected chi connectivity index (χ2v) is 7.41. The molecule has 1 aromatic carbocycles. The fourth-order valence-corrected chi connectivity index (χ4v) is 4.84. The first-order valence-electron chi connectivity index (χ1n) is 6.59. The number of benzene rings is 1. The van der Waals surface area contributed by atoms with E-state index in [9.17, 15) is 4.79 Å². The summed E-state index contributed by atoms with van der Waals surface area (Å²) >= 11 is 19.9. The standard InChI is InChI=1S/C14H13Cl3N2OS/c15-7-5-9(16)11-10(6-7)21-13(12(11)17)14(20)19-3-1-8(18)2-4-19/h5-6,8H,1-4,18H2. The van der Waals surface area contributed by atoms with Crippen LogP contribution in [-0.4, -0.2) is 29.9 Å². The van der Waals surface area contributed by atoms with Crippen molar-refractivity contribution >= 4 is 62.1 Å². The van der Waals surface area contributed by atoms with Crippen LogP contribution >= 0.6 is 46.1 Å². The van der Waals surface area contributed by atoms with Gasteiger partial charge in [0.1, 0.15) is 4.88 Å². The number of amides is 1. The number of hydrogen-bond donors (Lipinski definition) is 1. The van der Waals surface area contributed by atoms with Crippen molar-refractivity contribution in [2.24, 2.45) is 5.73 Å². The molecule has 2 aromatic rings. The monoisotopic (exact) mass is 362 g/mol. The maximum atomic E-state index is 12.6. The molecule has 7 heteroatoms. The number of carbonyl (C=O) groups is 1. The number of nitrogens with two attached hydrogens (primary N) is 1. The van der Waals surface area contributed by atoms with Crippen LogP contribution in [0.1, 0.15) is 22.5 Å². The normalized spacial score (nSPS) is 16.7. The van der Waals surface area contributed by atoms with E-state index in [-0.39, 0.29) is 11.9 Å². The van der Waals surface area contributed by atoms with E-state index in [1.165, 1.54) is 11.3 Å². The lowest BCUT2D eigenvalue weighted by Gasteiger charge is -2.29. The largest absolute Gasteiger partial charge is 0.338 e. The van der Waals surface area contributed by atoms with Gasteiger partial charge in [-0.05, 0) is 25.0 Å². The molecular formula is C14H13Cl3N2OS. The van der Waals surface area contributed by atoms with Crippen LogP contribution in [0.4, 0.5) is 0 Å². The first kappa shape index (κ1) is 15.4. The van der Waals surface area contributed by atoms with Gasteiger partial charge in [-0.25, -0.2) is 0 Å². The van der Waals surface area contributed by atoms with Crippen LogP contribution in [0.3, 0.4) is 0 Å². The Bertz CT molecular complexity index is 708. The minimum absolute atomic E-state index is 0.0553. The molecule has 0 bridgehead atoms. The number of piperidine rings is 1. The van der Waals surface area contributed by atoms with Crippen molar-refractivity contribution < 1.29 is 4.79 Å². The summed E-state index contributed by atoms with van der Waals surface area (Å²) in [5, 5.41) is 2.12. The van der Waals surface area contributed by atoms with Crippen LogP contribution in [0.25, 0.3) is 10.1 Å². The van der Waals surface area contributed by atoms with Gasteiger partial charge in [0.25, 0.3) is 5.91 Å². The molecule has 0 radical (unpaired) electrons. The number of thiophene rings is 1. The highest BCUT2D eigenvalue weighted by Crippen LogP contribution is 2.41. The Balaban J connectivity index is 1.99. The predicted octanol–water partition coefficient (Wildman–Crippen LogP) is 4.42. The topological polar surface area (TPSA) is 46.3 Å². The van der Waals surface area contributed by atoms with Crippen molar-refractivity contribution in [2.75, 3.05) is 13.1 Å². The molecule has 112 valence electrons. The molecule has 1 aliphatic heterocycles. The van der Waals surface area contributed by atoms with Gasteiger partial charge in [-0.15, -0.1) is 11.3 Å². The van der Waals surface area contributed by atoms with Gasteiger partial charge < -0.3 is 10.6 Å². The van der Waals surface area contributed by atoms with Crippen molar-refractivity contribution in [3.05, 3.63) is 32.1 Å². The summed E-state index contributed by atoms with van der Waals surface area (Å²) in [4.78, 5) is 14.9. The Morgan fingerprint density at radius 1 is 1.24 bits per heavy atom. The van der Waals surface area contributed by atoms with Crippen molar-refractivity contribution in [1.29, 1.82) is 0 Å². The fraction of sp³-hybridized carbons (Fsp3) is 0.357. The van der Waals surface area contributed by atoms with Crippen LogP contribution in [0.2, 0.25) is 15.1 Å². The van der Waals surface area contributed by atoms with E-state index in [0.717, 1.165) is 17.5 Å². The summed E-state index contributed by atoms with van der Waals surface area (Å²) in [5.74, 6) is -0.0553. The first-order chi connectivity index (χ1) is 9.97. The molecule has 0 atom stereocenters. The lowest BCUT2D eigenvalue weighted by molar-refractivity contribution is 0.0720. The third-order valence-electron chi connectivity index (χ3n) is 3.67. The molecule has 3 rings (SSSR count). The van der Waals surface area contributed by atoms with Gasteiger partial charge in [0, 0.05) is 34.2 Å². The fourth-order valence-electron chi connectivity index (χ4n) is 2.50. The number of halogens is 3. The molecule has 1 amide bonds. The van der Waals surface area contributed by atoms with Crippen LogP contribution in [-0.2, 0) is 0 Å². The number of fused-ring (bicyclic) bond motifs is 1. The highest BCUT2D eigenvalue weighted by atomic mass is 35.5. The molecular weight excluding hydrogens is 351 g/mol. The molecule has 0 spiro atoms. The van der Waals surface area contributed by atoms with Gasteiger partial charge >= 0.3 is 0 Å². The maximum absolute atomic E-state index is 12.6. The molecule has 3 nitrogen and oxygen atoms in total. The summed E-state index contributed by atoms with van der Waals surface area (Å²) in [6.07, 6.45) is 1.64. The third kappa shape index (κ3) is 2.88. The average molecular weight is 364 g/mol. The van der Waals surface area contributed by atoms with Gasteiger partial charge in [-0.2, -0.15) is 0 Å². The smallest absolute Gasteiger partial charge is 0.265 e. The number of likely N-dealkylation sites (tertiary alicyclic amines) is 1. The van der Waals surface area contributed by atoms with Crippen molar-refractivity contribution in [3.63, 3.8) is 0 Å². The Hall–Kier alpha value is -0.520. The van der Waals surface area contributed by atoms with E-state index in [1.807, 2.05) is 0 Å². The Morgan fingerprint density at radius 2 is 1.90 bits per heavy atom.